The summed E-state index contributed by atoms with van der Waals surface area (Å²) in [5.41, 5.74) is 11.0. The Kier molecular flexibility index (Phi) is 8.46. The molecule has 2 aromatic heterocycles. The molecular formula is C29H30ClFN6O2S. The van der Waals surface area contributed by atoms with Crippen LogP contribution in [0.3, 0.4) is 0 Å². The number of aromatic nitrogens is 3. The van der Waals surface area contributed by atoms with Gasteiger partial charge in [-0.2, -0.15) is 5.10 Å². The van der Waals surface area contributed by atoms with Crippen molar-refractivity contribution in [3.05, 3.63) is 82.2 Å². The maximum atomic E-state index is 13.5. The van der Waals surface area contributed by atoms with E-state index in [0.29, 0.717) is 58.9 Å². The van der Waals surface area contributed by atoms with Gasteiger partial charge >= 0.3 is 0 Å². The monoisotopic (exact) mass is 580 g/mol. The summed E-state index contributed by atoms with van der Waals surface area (Å²) in [5, 5.41) is 5.91. The normalized spacial score (nSPS) is 15.4. The average molecular weight is 581 g/mol. The first-order chi connectivity index (χ1) is 19.4. The summed E-state index contributed by atoms with van der Waals surface area (Å²) < 4.78 is 23.3. The Morgan fingerprint density at radius 3 is 2.92 bits per heavy atom. The molecule has 2 aromatic carbocycles. The molecule has 208 valence electrons. The van der Waals surface area contributed by atoms with E-state index in [9.17, 15) is 9.18 Å². The zero-order valence-electron chi connectivity index (χ0n) is 22.2. The molecule has 1 aliphatic rings. The van der Waals surface area contributed by atoms with Crippen LogP contribution in [0.5, 0.6) is 5.75 Å². The second kappa shape index (κ2) is 12.2. The number of fused-ring (bicyclic) bond motifs is 1. The van der Waals surface area contributed by atoms with Crippen molar-refractivity contribution in [1.82, 2.24) is 14.8 Å². The van der Waals surface area contributed by atoms with Gasteiger partial charge in [0.15, 0.2) is 0 Å². The van der Waals surface area contributed by atoms with Gasteiger partial charge in [-0.25, -0.2) is 4.68 Å². The number of H-pyrrole nitrogens is 1. The quantitative estimate of drug-likeness (QED) is 0.112. The van der Waals surface area contributed by atoms with E-state index in [-0.39, 0.29) is 18.5 Å². The Balaban J connectivity index is 1.34. The van der Waals surface area contributed by atoms with Crippen LogP contribution in [0.2, 0.25) is 5.02 Å². The molecule has 8 nitrogen and oxygen atoms in total. The third kappa shape index (κ3) is 5.88. The number of aromatic amines is 1. The van der Waals surface area contributed by atoms with E-state index in [1.807, 2.05) is 50.3 Å². The number of hydrogen-bond acceptors (Lipinski definition) is 7. The average Bonchev–Trinajstić information content (AvgIpc) is 3.47. The van der Waals surface area contributed by atoms with Crippen molar-refractivity contribution in [1.29, 1.82) is 0 Å². The largest absolute Gasteiger partial charge is 0.438 e. The number of nitrogen functional groups attached to an aromatic ring is 1. The Bertz CT molecular complexity index is 1610. The number of carbonyl (C=O) groups is 1. The van der Waals surface area contributed by atoms with Gasteiger partial charge in [0.05, 0.1) is 35.2 Å². The molecule has 0 bridgehead atoms. The van der Waals surface area contributed by atoms with E-state index >= 15 is 0 Å². The smallest absolute Gasteiger partial charge is 0.214 e. The Hall–Kier alpha value is -3.76. The van der Waals surface area contributed by atoms with Gasteiger partial charge in [0.2, 0.25) is 11.7 Å². The number of alkyl halides is 1. The second-order valence-corrected chi connectivity index (χ2v) is 10.9. The molecule has 40 heavy (non-hydrogen) atoms. The number of carbonyl (C=O) groups excluding carboxylic acids is 1. The number of halogens is 2. The predicted molar refractivity (Wildman–Crippen MR) is 162 cm³/mol. The number of ketones is 1. The SMILES string of the molecule is CC1=CC(Oc2ccccc2Cl)=NCCC1n1ncc(C(=O)c2cc3cc(C)c(NSCCCF)cc3[nH]2)c1N. The van der Waals surface area contributed by atoms with E-state index in [4.69, 9.17) is 22.1 Å². The number of benzene rings is 2. The van der Waals surface area contributed by atoms with Crippen LogP contribution >= 0.6 is 23.5 Å². The van der Waals surface area contributed by atoms with Gasteiger partial charge in [0.1, 0.15) is 11.6 Å². The molecule has 1 unspecified atom stereocenters. The van der Waals surface area contributed by atoms with Crippen LogP contribution in [0.25, 0.3) is 10.9 Å². The lowest BCUT2D eigenvalue weighted by atomic mass is 10.1. The number of nitrogens with zero attached hydrogens (tertiary/aromatic N) is 3. The number of aryl methyl sites for hydroxylation is 1. The van der Waals surface area contributed by atoms with Crippen molar-refractivity contribution in [3.8, 4) is 5.75 Å². The molecule has 0 spiro atoms. The first-order valence-electron chi connectivity index (χ1n) is 13.0. The zero-order valence-corrected chi connectivity index (χ0v) is 23.8. The van der Waals surface area contributed by atoms with E-state index in [0.717, 1.165) is 27.7 Å². The minimum Gasteiger partial charge on any atom is -0.438 e. The van der Waals surface area contributed by atoms with Crippen molar-refractivity contribution >= 4 is 57.6 Å². The Labute approximate surface area is 241 Å². The Morgan fingerprint density at radius 1 is 1.30 bits per heavy atom. The standard InChI is InChI=1S/C29H30ClFN6O2S/c1-17-12-19-14-24(35-23(19)15-22(17)36-40-11-5-9-31)28(38)20-16-34-37(29(20)32)25-8-10-33-27(13-18(25)2)39-26-7-4-3-6-21(26)30/h3-4,6-7,12-16,25,35-36H,5,8-11,32H2,1-2H3. The molecule has 11 heteroatoms. The lowest BCUT2D eigenvalue weighted by Gasteiger charge is -2.18. The highest BCUT2D eigenvalue weighted by Gasteiger charge is 2.25. The van der Waals surface area contributed by atoms with Crippen LogP contribution in [-0.4, -0.2) is 45.4 Å². The number of ether oxygens (including phenoxy) is 1. The fourth-order valence-corrected chi connectivity index (χ4v) is 5.51. The first-order valence-corrected chi connectivity index (χ1v) is 14.3. The highest BCUT2D eigenvalue weighted by atomic mass is 35.5. The number of nitrogens with one attached hydrogen (secondary N) is 2. The molecular weight excluding hydrogens is 551 g/mol. The molecule has 4 N–H and O–H groups in total. The van der Waals surface area contributed by atoms with Crippen LogP contribution in [0, 0.1) is 6.92 Å². The molecule has 0 fully saturated rings. The summed E-state index contributed by atoms with van der Waals surface area (Å²) >= 11 is 7.70. The van der Waals surface area contributed by atoms with E-state index in [1.165, 1.54) is 18.1 Å². The van der Waals surface area contributed by atoms with Crippen molar-refractivity contribution in [2.45, 2.75) is 32.7 Å². The van der Waals surface area contributed by atoms with Gasteiger partial charge in [0.25, 0.3) is 0 Å². The summed E-state index contributed by atoms with van der Waals surface area (Å²) in [6.45, 7) is 4.11. The topological polar surface area (TPSA) is 110 Å². The minimum absolute atomic E-state index is 0.188. The third-order valence-electron chi connectivity index (χ3n) is 6.74. The molecule has 0 amide bonds. The minimum atomic E-state index is -0.335. The molecule has 4 aromatic rings. The summed E-state index contributed by atoms with van der Waals surface area (Å²) in [7, 11) is 0. The summed E-state index contributed by atoms with van der Waals surface area (Å²) in [5.74, 6) is 1.71. The van der Waals surface area contributed by atoms with Gasteiger partial charge in [-0.3, -0.25) is 14.2 Å². The van der Waals surface area contributed by atoms with Crippen molar-refractivity contribution in [2.24, 2.45) is 4.99 Å². The number of rotatable bonds is 9. The second-order valence-electron chi connectivity index (χ2n) is 9.59. The number of aliphatic imine (C=N–C) groups is 1. The lowest BCUT2D eigenvalue weighted by molar-refractivity contribution is 0.103. The number of hydrogen-bond donors (Lipinski definition) is 3. The van der Waals surface area contributed by atoms with Crippen LogP contribution < -0.4 is 15.2 Å². The fourth-order valence-electron chi connectivity index (χ4n) is 4.60. The van der Waals surface area contributed by atoms with Gasteiger partial charge in [-0.15, -0.1) is 0 Å². The number of nitrogens with two attached hydrogens (primary N) is 1. The van der Waals surface area contributed by atoms with E-state index in [2.05, 4.69) is 19.8 Å². The molecule has 0 saturated heterocycles. The molecule has 1 atom stereocenters. The lowest BCUT2D eigenvalue weighted by Crippen LogP contribution is -2.16. The third-order valence-corrected chi connectivity index (χ3v) is 7.91. The highest BCUT2D eigenvalue weighted by molar-refractivity contribution is 8.00. The van der Waals surface area contributed by atoms with Crippen LogP contribution in [0.4, 0.5) is 15.9 Å². The van der Waals surface area contributed by atoms with Crippen molar-refractivity contribution in [3.63, 3.8) is 0 Å². The van der Waals surface area contributed by atoms with Gasteiger partial charge in [0, 0.05) is 35.0 Å². The van der Waals surface area contributed by atoms with Crippen LogP contribution in [-0.2, 0) is 0 Å². The summed E-state index contributed by atoms with van der Waals surface area (Å²) in [6.07, 6.45) is 4.51. The number of para-hydroxylation sites is 1. The van der Waals surface area contributed by atoms with Crippen molar-refractivity contribution < 1.29 is 13.9 Å². The van der Waals surface area contributed by atoms with Crippen LogP contribution in [0.15, 0.2) is 65.3 Å². The van der Waals surface area contributed by atoms with E-state index in [1.54, 1.807) is 16.8 Å². The highest BCUT2D eigenvalue weighted by Crippen LogP contribution is 2.31. The molecule has 1 aliphatic heterocycles. The van der Waals surface area contributed by atoms with Crippen molar-refractivity contribution in [2.75, 3.05) is 29.4 Å². The number of anilines is 2. The summed E-state index contributed by atoms with van der Waals surface area (Å²) in [6, 6.07) is 12.8. The fraction of sp³-hybridized carbons (Fsp3) is 0.276. The number of allylic oxidation sites excluding steroid dienone is 1. The molecule has 0 radical (unpaired) electrons. The zero-order chi connectivity index (χ0) is 28.2. The first kappa shape index (κ1) is 27.8. The molecule has 5 rings (SSSR count). The van der Waals surface area contributed by atoms with Gasteiger partial charge < -0.3 is 20.2 Å². The Morgan fingerprint density at radius 2 is 2.12 bits per heavy atom. The maximum Gasteiger partial charge on any atom is 0.214 e. The van der Waals surface area contributed by atoms with E-state index < -0.39 is 0 Å². The molecule has 0 aliphatic carbocycles. The summed E-state index contributed by atoms with van der Waals surface area (Å²) in [4.78, 5) is 21.3. The molecule has 0 saturated carbocycles. The predicted octanol–water partition coefficient (Wildman–Crippen LogP) is 6.93. The maximum absolute atomic E-state index is 13.5. The molecule has 3 heterocycles. The van der Waals surface area contributed by atoms with Gasteiger partial charge in [-0.05, 0) is 68.2 Å². The van der Waals surface area contributed by atoms with Gasteiger partial charge in [-0.1, -0.05) is 35.7 Å². The van der Waals surface area contributed by atoms with Crippen LogP contribution in [0.1, 0.15) is 47.4 Å².